The lowest BCUT2D eigenvalue weighted by atomic mass is 10.1. The number of carbonyl (C=O) groups excluding carboxylic acids is 1. The summed E-state index contributed by atoms with van der Waals surface area (Å²) in [6, 6.07) is 7.77. The van der Waals surface area contributed by atoms with E-state index in [1.807, 2.05) is 31.2 Å². The Bertz CT molecular complexity index is 584. The van der Waals surface area contributed by atoms with Gasteiger partial charge in [0.15, 0.2) is 0 Å². The van der Waals surface area contributed by atoms with Crippen LogP contribution in [-0.4, -0.2) is 5.91 Å². The van der Waals surface area contributed by atoms with Crippen LogP contribution in [0.1, 0.15) is 18.2 Å². The number of aryl methyl sites for hydroxylation is 1. The van der Waals surface area contributed by atoms with E-state index in [2.05, 4.69) is 0 Å². The summed E-state index contributed by atoms with van der Waals surface area (Å²) in [5.74, 6) is 0.261. The van der Waals surface area contributed by atoms with Crippen LogP contribution in [0.15, 0.2) is 34.3 Å². The van der Waals surface area contributed by atoms with Gasteiger partial charge in [0.2, 0.25) is 5.91 Å². The fourth-order valence-electron chi connectivity index (χ4n) is 1.60. The molecule has 2 N–H and O–H groups in total. The first-order valence-corrected chi connectivity index (χ1v) is 5.06. The summed E-state index contributed by atoms with van der Waals surface area (Å²) in [7, 11) is 0. The number of rotatable bonds is 2. The maximum Gasteiger partial charge on any atom is 0.244 e. The highest BCUT2D eigenvalue weighted by Gasteiger charge is 2.08. The number of hydrogen-bond donors (Lipinski definition) is 1. The Morgan fingerprint density at radius 1 is 1.35 bits per heavy atom. The normalized spacial score (nSPS) is 11.3. The molecule has 0 bridgehead atoms. The molecule has 1 amide bonds. The van der Waals surface area contributed by atoms with Crippen molar-refractivity contribution in [2.24, 2.45) is 5.73 Å². The number of nitrogens with two attached hydrogens (primary N) is 1. The van der Waals surface area contributed by atoms with E-state index in [1.165, 1.54) is 0 Å². The van der Waals surface area contributed by atoms with Gasteiger partial charge in [0.25, 0.3) is 0 Å². The van der Waals surface area contributed by atoms with Gasteiger partial charge in [-0.1, -0.05) is 18.2 Å². The Labute approximate surface area is 106 Å². The highest BCUT2D eigenvalue weighted by molar-refractivity contribution is 5.96. The van der Waals surface area contributed by atoms with E-state index >= 15 is 0 Å². The SMILES string of the molecule is CC(=Cc1oc2ccccc2c1C)C(N)=O.Cl. The Morgan fingerprint density at radius 3 is 2.59 bits per heavy atom. The topological polar surface area (TPSA) is 56.2 Å². The third-order valence-electron chi connectivity index (χ3n) is 2.62. The van der Waals surface area contributed by atoms with Gasteiger partial charge in [0.05, 0.1) is 0 Å². The van der Waals surface area contributed by atoms with Crippen molar-refractivity contribution in [3.05, 3.63) is 41.2 Å². The van der Waals surface area contributed by atoms with Crippen molar-refractivity contribution in [2.75, 3.05) is 0 Å². The van der Waals surface area contributed by atoms with Crippen molar-refractivity contribution in [1.82, 2.24) is 0 Å². The lowest BCUT2D eigenvalue weighted by Gasteiger charge is -1.93. The largest absolute Gasteiger partial charge is 0.456 e. The van der Waals surface area contributed by atoms with Crippen molar-refractivity contribution in [3.8, 4) is 0 Å². The number of halogens is 1. The molecule has 0 saturated heterocycles. The van der Waals surface area contributed by atoms with Crippen LogP contribution in [0.25, 0.3) is 17.0 Å². The molecule has 0 aliphatic carbocycles. The molecule has 0 radical (unpaired) electrons. The average Bonchev–Trinajstić information content (AvgIpc) is 2.56. The molecule has 2 aromatic rings. The van der Waals surface area contributed by atoms with Gasteiger partial charge >= 0.3 is 0 Å². The zero-order chi connectivity index (χ0) is 11.7. The molecule has 17 heavy (non-hydrogen) atoms. The molecule has 1 aromatic heterocycles. The number of benzene rings is 1. The second-order valence-corrected chi connectivity index (χ2v) is 3.78. The zero-order valence-electron chi connectivity index (χ0n) is 9.69. The van der Waals surface area contributed by atoms with Crippen LogP contribution in [-0.2, 0) is 4.79 Å². The first kappa shape index (κ1) is 13.3. The van der Waals surface area contributed by atoms with Crippen LogP contribution in [0, 0.1) is 6.92 Å². The highest BCUT2D eigenvalue weighted by atomic mass is 35.5. The van der Waals surface area contributed by atoms with Gasteiger partial charge in [-0.2, -0.15) is 0 Å². The molecule has 0 aliphatic heterocycles. The molecule has 1 heterocycles. The third kappa shape index (κ3) is 2.50. The van der Waals surface area contributed by atoms with Crippen molar-refractivity contribution < 1.29 is 9.21 Å². The van der Waals surface area contributed by atoms with E-state index in [4.69, 9.17) is 10.2 Å². The number of hydrogen-bond acceptors (Lipinski definition) is 2. The Hall–Kier alpha value is -1.74. The van der Waals surface area contributed by atoms with Crippen LogP contribution in [0.2, 0.25) is 0 Å². The van der Waals surface area contributed by atoms with Crippen LogP contribution < -0.4 is 5.73 Å². The molecule has 0 fully saturated rings. The standard InChI is InChI=1S/C13H13NO2.ClH/c1-8(13(14)15)7-12-9(2)10-5-3-4-6-11(10)16-12;/h3-7H,1-2H3,(H2,14,15);1H. The first-order valence-electron chi connectivity index (χ1n) is 5.06. The van der Waals surface area contributed by atoms with Gasteiger partial charge in [0, 0.05) is 16.5 Å². The minimum atomic E-state index is -0.431. The molecule has 0 aliphatic rings. The van der Waals surface area contributed by atoms with Crippen LogP contribution in [0.3, 0.4) is 0 Å². The van der Waals surface area contributed by atoms with Gasteiger partial charge < -0.3 is 10.2 Å². The maximum absolute atomic E-state index is 10.9. The van der Waals surface area contributed by atoms with E-state index < -0.39 is 5.91 Å². The molecule has 3 nitrogen and oxygen atoms in total. The summed E-state index contributed by atoms with van der Waals surface area (Å²) in [4.78, 5) is 10.9. The molecule has 0 saturated carbocycles. The molecule has 1 aromatic carbocycles. The Morgan fingerprint density at radius 2 is 2.00 bits per heavy atom. The molecule has 0 unspecified atom stereocenters. The molecular formula is C13H14ClNO2. The average molecular weight is 252 g/mol. The number of furan rings is 1. The fraction of sp³-hybridized carbons (Fsp3) is 0.154. The van der Waals surface area contributed by atoms with E-state index in [1.54, 1.807) is 13.0 Å². The number of para-hydroxylation sites is 1. The number of fused-ring (bicyclic) bond motifs is 1. The molecule has 0 atom stereocenters. The van der Waals surface area contributed by atoms with Gasteiger partial charge in [-0.25, -0.2) is 0 Å². The zero-order valence-corrected chi connectivity index (χ0v) is 10.5. The van der Waals surface area contributed by atoms with Gasteiger partial charge in [-0.3, -0.25) is 4.79 Å². The van der Waals surface area contributed by atoms with E-state index in [9.17, 15) is 4.79 Å². The quantitative estimate of drug-likeness (QED) is 0.834. The van der Waals surface area contributed by atoms with Crippen molar-refractivity contribution in [2.45, 2.75) is 13.8 Å². The molecule has 4 heteroatoms. The van der Waals surface area contributed by atoms with Crippen LogP contribution >= 0.6 is 12.4 Å². The maximum atomic E-state index is 10.9. The lowest BCUT2D eigenvalue weighted by Crippen LogP contribution is -2.11. The predicted molar refractivity (Wildman–Crippen MR) is 71.0 cm³/mol. The minimum absolute atomic E-state index is 0. The van der Waals surface area contributed by atoms with Crippen LogP contribution in [0.5, 0.6) is 0 Å². The monoisotopic (exact) mass is 251 g/mol. The Balaban J connectivity index is 0.00000144. The van der Waals surface area contributed by atoms with E-state index in [-0.39, 0.29) is 12.4 Å². The van der Waals surface area contributed by atoms with Crippen LogP contribution in [0.4, 0.5) is 0 Å². The number of primary amides is 1. The summed E-state index contributed by atoms with van der Waals surface area (Å²) in [6.07, 6.45) is 1.68. The second kappa shape index (κ2) is 5.06. The van der Waals surface area contributed by atoms with Crippen molar-refractivity contribution in [1.29, 1.82) is 0 Å². The van der Waals surface area contributed by atoms with Crippen molar-refractivity contribution in [3.63, 3.8) is 0 Å². The molecular weight excluding hydrogens is 238 g/mol. The summed E-state index contributed by atoms with van der Waals surface area (Å²) in [5, 5.41) is 1.06. The summed E-state index contributed by atoms with van der Waals surface area (Å²) < 4.78 is 5.64. The summed E-state index contributed by atoms with van der Waals surface area (Å²) in [5.41, 5.74) is 7.51. The molecule has 0 spiro atoms. The van der Waals surface area contributed by atoms with Gasteiger partial charge in [0.1, 0.15) is 11.3 Å². The number of amides is 1. The number of carbonyl (C=O) groups is 1. The van der Waals surface area contributed by atoms with E-state index in [0.717, 1.165) is 16.5 Å². The third-order valence-corrected chi connectivity index (χ3v) is 2.62. The smallest absolute Gasteiger partial charge is 0.244 e. The lowest BCUT2D eigenvalue weighted by molar-refractivity contribution is -0.114. The summed E-state index contributed by atoms with van der Waals surface area (Å²) in [6.45, 7) is 3.64. The van der Waals surface area contributed by atoms with Gasteiger partial charge in [-0.05, 0) is 26.0 Å². The fourth-order valence-corrected chi connectivity index (χ4v) is 1.60. The highest BCUT2D eigenvalue weighted by Crippen LogP contribution is 2.26. The Kier molecular flexibility index (Phi) is 3.97. The second-order valence-electron chi connectivity index (χ2n) is 3.78. The van der Waals surface area contributed by atoms with E-state index in [0.29, 0.717) is 11.3 Å². The molecule has 90 valence electrons. The predicted octanol–water partition coefficient (Wildman–Crippen LogP) is 3.05. The summed E-state index contributed by atoms with van der Waals surface area (Å²) >= 11 is 0. The first-order chi connectivity index (χ1) is 7.59. The minimum Gasteiger partial charge on any atom is -0.456 e. The van der Waals surface area contributed by atoms with Crippen molar-refractivity contribution >= 4 is 35.4 Å². The van der Waals surface area contributed by atoms with Gasteiger partial charge in [-0.15, -0.1) is 12.4 Å². The molecule has 2 rings (SSSR count).